The third kappa shape index (κ3) is 30.5. The van der Waals surface area contributed by atoms with Crippen LogP contribution in [-0.4, -0.2) is 245 Å². The first kappa shape index (κ1) is 96.4. The average Bonchev–Trinajstić information content (AvgIpc) is 1.59. The summed E-state index contributed by atoms with van der Waals surface area (Å²) in [5.74, 6) is -15.5. The van der Waals surface area contributed by atoms with E-state index in [4.69, 9.17) is 54.5 Å². The highest BCUT2D eigenvalue weighted by molar-refractivity contribution is 8.76. The van der Waals surface area contributed by atoms with Gasteiger partial charge in [-0.25, -0.2) is 29.3 Å². The number of oxazole rings is 1. The minimum atomic E-state index is -2.12. The molecule has 1 aromatic carbocycles. The van der Waals surface area contributed by atoms with E-state index in [9.17, 15) is 87.5 Å². The van der Waals surface area contributed by atoms with Crippen LogP contribution in [0.15, 0.2) is 87.5 Å². The number of aromatic amines is 1. The van der Waals surface area contributed by atoms with E-state index in [-0.39, 0.29) is 104 Å². The molecule has 0 unspecified atom stereocenters. The van der Waals surface area contributed by atoms with Crippen molar-refractivity contribution in [1.82, 2.24) is 62.1 Å². The van der Waals surface area contributed by atoms with Crippen LogP contribution in [0.2, 0.25) is 0 Å². The molecule has 7 heterocycles. The summed E-state index contributed by atoms with van der Waals surface area (Å²) in [7, 11) is 3.39. The molecule has 8 rings (SSSR count). The smallest absolute Gasteiger partial charge is 0.481 e. The summed E-state index contributed by atoms with van der Waals surface area (Å²) in [5, 5.41) is 66.9. The average molecular weight is 1760 g/mol. The van der Waals surface area contributed by atoms with Crippen molar-refractivity contribution in [2.45, 2.75) is 217 Å². The Morgan fingerprint density at radius 2 is 1.45 bits per heavy atom. The summed E-state index contributed by atoms with van der Waals surface area (Å²) >= 11 is 0. The molecule has 3 fully saturated rings. The van der Waals surface area contributed by atoms with Crippen molar-refractivity contribution in [1.29, 1.82) is 5.41 Å². The molecular formula is C79H104N16O26S2. The van der Waals surface area contributed by atoms with Crippen molar-refractivity contribution in [3.63, 3.8) is 0 Å². The number of methoxy groups -OCH3 is 1. The second kappa shape index (κ2) is 45.7. The number of carbonyl (C=O) groups excluding carboxylic acids is 9. The molecule has 0 spiro atoms. The quantitative estimate of drug-likeness (QED) is 0.00348. The lowest BCUT2D eigenvalue weighted by Crippen LogP contribution is -2.59. The van der Waals surface area contributed by atoms with Crippen molar-refractivity contribution < 1.29 is 120 Å². The first-order valence-corrected chi connectivity index (χ1v) is 41.9. The zero-order chi connectivity index (χ0) is 89.9. The number of aryl methyl sites for hydroxylation is 1. The molecule has 44 heteroatoms. The van der Waals surface area contributed by atoms with Crippen LogP contribution in [0.3, 0.4) is 0 Å². The van der Waals surface area contributed by atoms with Gasteiger partial charge in [-0.3, -0.25) is 63.1 Å². The number of amides is 6. The van der Waals surface area contributed by atoms with Gasteiger partial charge in [-0.05, 0) is 114 Å². The molecule has 42 nitrogen and oxygen atoms in total. The second-order valence-electron chi connectivity index (χ2n) is 30.3. The number of hydrogen-bond acceptors (Lipinski definition) is 31. The van der Waals surface area contributed by atoms with Gasteiger partial charge in [0.25, 0.3) is 11.5 Å². The van der Waals surface area contributed by atoms with Crippen molar-refractivity contribution >= 4 is 134 Å². The summed E-state index contributed by atoms with van der Waals surface area (Å²) in [4.78, 5) is 204. The van der Waals surface area contributed by atoms with Gasteiger partial charge in [-0.15, -0.1) is 0 Å². The van der Waals surface area contributed by atoms with Crippen LogP contribution >= 0.6 is 21.6 Å². The highest BCUT2D eigenvalue weighted by atomic mass is 33.1. The molecular weight excluding hydrogens is 1650 g/mol. The SMILES string of the molecule is CO[C@@H](/C(C)=C/C=C/C(C)=C/c1coc(C)n1)[C@@H](C)[C@@H]1C[C@H](OC(=O)OCCSSC[C@H](NC(=O)[C@H](CCC(=O)O)NC(=O)[C@H](CC(=O)O)NC(=O)[C@H](CCCNC(=N)N)NC(=O)[C@H](CC(=O)O)NC(=O)CC[C@@H](C)NC(=O)c2ccc(NCc3cnc4nc(N)[nH]c(=O)c4n3)cc2)C(=O)O)[C@@]2(C)O[C@@H]2/C=C/[C@@H](C)[C@H]2C[C@H](CC(=O)O2)C[C@@H]2O[C@H]2C(=O)O1. The lowest BCUT2D eigenvalue weighted by molar-refractivity contribution is -0.159. The molecule has 4 aliphatic rings. The van der Waals surface area contributed by atoms with Crippen LogP contribution in [0.4, 0.5) is 16.4 Å². The molecule has 4 aliphatic heterocycles. The predicted octanol–water partition coefficient (Wildman–Crippen LogP) is 2.99. The lowest BCUT2D eigenvalue weighted by Gasteiger charge is -2.33. The number of carboxylic acid groups (broad SMARTS) is 4. The largest absolute Gasteiger partial charge is 0.508 e. The number of benzene rings is 1. The number of hydrogen-bond donors (Lipinski definition) is 16. The zero-order valence-corrected chi connectivity index (χ0v) is 70.3. The number of epoxide rings is 2. The Morgan fingerprint density at radius 3 is 2.10 bits per heavy atom. The number of fused-ring (bicyclic) bond motifs is 5. The number of esters is 2. The van der Waals surface area contributed by atoms with E-state index >= 15 is 0 Å². The van der Waals surface area contributed by atoms with Crippen molar-refractivity contribution in [2.24, 2.45) is 23.5 Å². The summed E-state index contributed by atoms with van der Waals surface area (Å²) in [6, 6.07) is -3.85. The van der Waals surface area contributed by atoms with Crippen LogP contribution in [0.1, 0.15) is 146 Å². The Labute approximate surface area is 712 Å². The molecule has 17 atom stereocenters. The number of aliphatic carboxylic acids is 4. The molecule has 668 valence electrons. The number of cyclic esters (lactones) is 1. The maximum absolute atomic E-state index is 14.2. The fraction of sp³-hybridized carbons (Fsp3) is 0.532. The monoisotopic (exact) mass is 1760 g/mol. The number of carboxylic acids is 4. The molecule has 0 aliphatic carbocycles. The minimum absolute atomic E-state index is 0.00845. The van der Waals surface area contributed by atoms with E-state index in [0.29, 0.717) is 35.8 Å². The van der Waals surface area contributed by atoms with Gasteiger partial charge in [0.1, 0.15) is 78.8 Å². The number of nitrogens with one attached hydrogen (secondary N) is 10. The van der Waals surface area contributed by atoms with Gasteiger partial charge in [-0.1, -0.05) is 65.8 Å². The predicted molar refractivity (Wildman–Crippen MR) is 441 cm³/mol. The summed E-state index contributed by atoms with van der Waals surface area (Å²) < 4.78 is 47.3. The summed E-state index contributed by atoms with van der Waals surface area (Å²) in [6.07, 6.45) is 3.71. The fourth-order valence-electron chi connectivity index (χ4n) is 13.6. The maximum Gasteiger partial charge on any atom is 0.508 e. The van der Waals surface area contributed by atoms with Gasteiger partial charge in [0.2, 0.25) is 35.5 Å². The Hall–Kier alpha value is -12.0. The maximum atomic E-state index is 14.2. The molecule has 0 radical (unpaired) electrons. The molecule has 2 bridgehead atoms. The number of ether oxygens (including phenoxy) is 7. The van der Waals surface area contributed by atoms with Crippen molar-refractivity contribution in [3.8, 4) is 0 Å². The minimum Gasteiger partial charge on any atom is -0.481 e. The van der Waals surface area contributed by atoms with Crippen LogP contribution in [0, 0.1) is 30.1 Å². The van der Waals surface area contributed by atoms with Crippen LogP contribution in [-0.2, 0) is 92.4 Å². The summed E-state index contributed by atoms with van der Waals surface area (Å²) in [5.41, 5.74) is 12.7. The topological polar surface area (TPSA) is 644 Å². The van der Waals surface area contributed by atoms with E-state index in [1.165, 1.54) is 31.7 Å². The number of nitrogens with zero attached hydrogens (tertiary/aromatic N) is 4. The van der Waals surface area contributed by atoms with E-state index in [2.05, 4.69) is 67.5 Å². The van der Waals surface area contributed by atoms with Crippen LogP contribution in [0.5, 0.6) is 0 Å². The number of H-pyrrole nitrogens is 1. The van der Waals surface area contributed by atoms with Crippen LogP contribution in [0.25, 0.3) is 17.2 Å². The third-order valence-electron chi connectivity index (χ3n) is 20.4. The molecule has 18 N–H and O–H groups in total. The van der Waals surface area contributed by atoms with E-state index in [1.54, 1.807) is 39.0 Å². The molecule has 123 heavy (non-hydrogen) atoms. The van der Waals surface area contributed by atoms with Crippen molar-refractivity contribution in [3.05, 3.63) is 111 Å². The highest BCUT2D eigenvalue weighted by Gasteiger charge is 2.60. The highest BCUT2D eigenvalue weighted by Crippen LogP contribution is 2.46. The van der Waals surface area contributed by atoms with Crippen molar-refractivity contribution in [2.75, 3.05) is 42.8 Å². The molecule has 0 saturated carbocycles. The summed E-state index contributed by atoms with van der Waals surface area (Å²) in [6.45, 7) is 12.2. The van der Waals surface area contributed by atoms with E-state index < -0.39 is 205 Å². The number of aromatic nitrogens is 5. The third-order valence-corrected chi connectivity index (χ3v) is 22.8. The van der Waals surface area contributed by atoms with Gasteiger partial charge in [0, 0.05) is 86.9 Å². The van der Waals surface area contributed by atoms with Gasteiger partial charge >= 0.3 is 42.0 Å². The molecule has 3 saturated heterocycles. The van der Waals surface area contributed by atoms with E-state index in [0.717, 1.165) is 32.7 Å². The Morgan fingerprint density at radius 1 is 0.789 bits per heavy atom. The van der Waals surface area contributed by atoms with E-state index in [1.807, 2.05) is 58.1 Å². The second-order valence-corrected chi connectivity index (χ2v) is 32.9. The molecule has 6 amide bonds. The first-order chi connectivity index (χ1) is 58.3. The van der Waals surface area contributed by atoms with Gasteiger partial charge in [0.05, 0.1) is 43.5 Å². The number of anilines is 2. The Bertz CT molecular complexity index is 4700. The van der Waals surface area contributed by atoms with Gasteiger partial charge < -0.3 is 112 Å². The number of nitrogen functional groups attached to an aromatic ring is 1. The number of rotatable bonds is 43. The molecule has 4 aromatic rings. The number of carbonyl (C=O) groups is 13. The van der Waals surface area contributed by atoms with Gasteiger partial charge in [-0.2, -0.15) is 4.98 Å². The number of allylic oxidation sites excluding steroid dienone is 4. The zero-order valence-electron chi connectivity index (χ0n) is 68.7. The van der Waals surface area contributed by atoms with Gasteiger partial charge in [0.15, 0.2) is 29.1 Å². The Kier molecular flexibility index (Phi) is 35.9. The fourth-order valence-corrected chi connectivity index (χ4v) is 15.6. The standard InChI is InChI=1S/C79H104N16O26S2/c1-38(27-47-36-116-43(6)87-47)11-9-12-40(3)65(114-8)42(5)55-33-58(79(7)57(121-79)21-14-39(2)54-28-44(30-63(103)117-54)29-56-66(118-56)75(112)119-55)120-78(113)115-25-26-122-123-37-53(74(110)111)93-70(106)50(20-23-60(97)98)91-72(108)52(32-62(101)102)92-69(105)49(13-10-24-83-76(80)81)90-71(107)51(31-61(99)100)89-59(96)22-15-41(4)86-68(104)45-16-18-46(19-17-45)84-34-48-35-85-67-64(88-48)73(109)95-77(82)94-67/h9,11-12,14,16-19,21,27,35-36,39,41-42,44,49-58,65-66,84H,10,13,15,20,22-26,28-34,37H2,1-8H3,(H,86,104)(H,89,96)(H,90,107)(H,91,108)(H,92,105)(H,93,106)(H,97,98)(H,99,100)(H,101,102)(H,110,111)(H4,80,81,83)(H3,82,85,94,95,109)/b11-9+,21-14+,38-27+,40-12+/t39-,41-,42+,44+,49+,50+,51+,52+,53+,54-,55+,56+,57-,58+,65+,66-,79+/m1/s1. The molecule has 3 aromatic heterocycles. The Balaban J connectivity index is 0.857. The normalized spacial score (nSPS) is 22.3. The number of nitrogens with two attached hydrogens (primary N) is 2. The van der Waals surface area contributed by atoms with Crippen LogP contribution < -0.4 is 59.6 Å². The lowest BCUT2D eigenvalue weighted by atomic mass is 9.84. The number of guanidine groups is 1. The first-order valence-electron chi connectivity index (χ1n) is 39.5.